The number of nitrogens with one attached hydrogen (secondary N) is 1. The maximum atomic E-state index is 5.75. The molecule has 0 saturated carbocycles. The van der Waals surface area contributed by atoms with Crippen LogP contribution in [0.1, 0.15) is 36.6 Å². The first-order valence-electron chi connectivity index (χ1n) is 16.7. The lowest BCUT2D eigenvalue weighted by Gasteiger charge is -2.10. The monoisotopic (exact) mass is 673 g/mol. The van der Waals surface area contributed by atoms with Crippen molar-refractivity contribution in [1.29, 1.82) is 0 Å². The van der Waals surface area contributed by atoms with E-state index in [0.29, 0.717) is 0 Å². The molecule has 1 atom stereocenters. The molecule has 5 aromatic rings. The first kappa shape index (κ1) is 37.3. The van der Waals surface area contributed by atoms with E-state index in [1.165, 1.54) is 36.9 Å². The molecule has 0 bridgehead atoms. The Kier molecular flexibility index (Phi) is 15.0. The molecule has 0 radical (unpaired) electrons. The van der Waals surface area contributed by atoms with Crippen molar-refractivity contribution in [2.75, 3.05) is 5.73 Å². The summed E-state index contributed by atoms with van der Waals surface area (Å²) in [5.41, 5.74) is 16.0. The Morgan fingerprint density at radius 2 is 1.46 bits per heavy atom. The number of rotatable bonds is 13. The highest BCUT2D eigenvalue weighted by molar-refractivity contribution is 7.26. The number of hydrazine groups is 1. The van der Waals surface area contributed by atoms with E-state index in [1.54, 1.807) is 0 Å². The van der Waals surface area contributed by atoms with E-state index in [-0.39, 0.29) is 6.04 Å². The Balaban J connectivity index is 0.000000228. The molecule has 0 amide bonds. The van der Waals surface area contributed by atoms with E-state index in [2.05, 4.69) is 92.3 Å². The van der Waals surface area contributed by atoms with E-state index in [0.717, 1.165) is 28.8 Å². The van der Waals surface area contributed by atoms with Crippen LogP contribution in [0.15, 0.2) is 200 Å². The Morgan fingerprint density at radius 3 is 2.22 bits per heavy atom. The van der Waals surface area contributed by atoms with Crippen molar-refractivity contribution < 1.29 is 0 Å². The number of fused-ring (bicyclic) bond motifs is 3. The van der Waals surface area contributed by atoms with Crippen molar-refractivity contribution in [3.63, 3.8) is 0 Å². The molecule has 1 heterocycles. The van der Waals surface area contributed by atoms with Crippen molar-refractivity contribution >= 4 is 42.8 Å². The van der Waals surface area contributed by atoms with Crippen LogP contribution in [0.3, 0.4) is 0 Å². The largest absolute Gasteiger partial charge is 0.399 e. The molecular formula is C46H47N3S. The standard InChI is InChI=1S/C26H24S.C20H23N3/c1-5-7-8-12-19(3)20(4)17-18-21(6-2)22-14-11-15-24-23-13-9-10-16-25(23)27-26(22)24;21-19-14-9-11-17(16-19)10-5-2-1-3-8-15-20(23-22)18-12-6-4-7-13-18/h5-18H,3-4H2,1-2H3;1-9,11-16,20,23H,10,21-22H2/b7-5-,12-8-,18-17-,21-6+;3-1-,5-2-,15-8+. The molecule has 0 aliphatic rings. The van der Waals surface area contributed by atoms with Gasteiger partial charge in [0.05, 0.1) is 6.04 Å². The minimum atomic E-state index is 0.0112. The first-order chi connectivity index (χ1) is 24.4. The highest BCUT2D eigenvalue weighted by atomic mass is 32.1. The molecule has 5 rings (SSSR count). The number of thiophene rings is 1. The van der Waals surface area contributed by atoms with Crippen LogP contribution in [0.4, 0.5) is 5.69 Å². The van der Waals surface area contributed by atoms with Gasteiger partial charge in [-0.3, -0.25) is 5.84 Å². The predicted molar refractivity (Wildman–Crippen MR) is 223 cm³/mol. The van der Waals surface area contributed by atoms with Gasteiger partial charge in [0.25, 0.3) is 0 Å². The highest BCUT2D eigenvalue weighted by Gasteiger charge is 2.10. The molecular weight excluding hydrogens is 627 g/mol. The molecule has 1 unspecified atom stereocenters. The van der Waals surface area contributed by atoms with Crippen LogP contribution in [0, 0.1) is 0 Å². The molecule has 4 aromatic carbocycles. The van der Waals surface area contributed by atoms with Crippen LogP contribution in [-0.2, 0) is 6.42 Å². The average Bonchev–Trinajstić information content (AvgIpc) is 3.53. The van der Waals surface area contributed by atoms with Crippen molar-refractivity contribution in [1.82, 2.24) is 5.43 Å². The smallest absolute Gasteiger partial charge is 0.0643 e. The second kappa shape index (κ2) is 20.1. The van der Waals surface area contributed by atoms with Gasteiger partial charge in [-0.15, -0.1) is 11.3 Å². The fourth-order valence-electron chi connectivity index (χ4n) is 5.23. The molecule has 0 fully saturated rings. The molecule has 0 aliphatic heterocycles. The summed E-state index contributed by atoms with van der Waals surface area (Å²) in [7, 11) is 0. The Hall–Kier alpha value is -5.52. The van der Waals surface area contributed by atoms with Gasteiger partial charge in [-0.25, -0.2) is 5.43 Å². The number of anilines is 1. The van der Waals surface area contributed by atoms with Crippen molar-refractivity contribution in [2.24, 2.45) is 5.84 Å². The molecule has 5 N–H and O–H groups in total. The van der Waals surface area contributed by atoms with Gasteiger partial charge in [0.2, 0.25) is 0 Å². The minimum Gasteiger partial charge on any atom is -0.399 e. The quantitative estimate of drug-likeness (QED) is 0.0504. The van der Waals surface area contributed by atoms with Crippen molar-refractivity contribution in [2.45, 2.75) is 26.3 Å². The summed E-state index contributed by atoms with van der Waals surface area (Å²) in [4.78, 5) is 0. The average molecular weight is 674 g/mol. The molecule has 50 heavy (non-hydrogen) atoms. The van der Waals surface area contributed by atoms with Crippen molar-refractivity contribution in [3.05, 3.63) is 217 Å². The van der Waals surface area contributed by atoms with Crippen LogP contribution in [-0.4, -0.2) is 0 Å². The zero-order chi connectivity index (χ0) is 35.6. The fourth-order valence-corrected chi connectivity index (χ4v) is 6.47. The Morgan fingerprint density at radius 1 is 0.740 bits per heavy atom. The van der Waals surface area contributed by atoms with E-state index in [9.17, 15) is 0 Å². The van der Waals surface area contributed by atoms with Gasteiger partial charge < -0.3 is 5.73 Å². The third kappa shape index (κ3) is 11.0. The molecule has 1 aromatic heterocycles. The summed E-state index contributed by atoms with van der Waals surface area (Å²) in [5, 5.41) is 2.64. The summed E-state index contributed by atoms with van der Waals surface area (Å²) in [6.07, 6.45) is 27.3. The minimum absolute atomic E-state index is 0.0112. The van der Waals surface area contributed by atoms with Crippen molar-refractivity contribution in [3.8, 4) is 0 Å². The summed E-state index contributed by atoms with van der Waals surface area (Å²) >= 11 is 1.85. The number of hydrogen-bond acceptors (Lipinski definition) is 4. The Labute approximate surface area is 302 Å². The third-order valence-electron chi connectivity index (χ3n) is 7.92. The highest BCUT2D eigenvalue weighted by Crippen LogP contribution is 2.38. The van der Waals surface area contributed by atoms with Crippen LogP contribution < -0.4 is 17.0 Å². The van der Waals surface area contributed by atoms with E-state index in [4.69, 9.17) is 11.6 Å². The molecule has 0 saturated heterocycles. The Bertz CT molecular complexity index is 2080. The van der Waals surface area contributed by atoms with Crippen LogP contribution in [0.25, 0.3) is 25.7 Å². The molecule has 3 nitrogen and oxygen atoms in total. The lowest BCUT2D eigenvalue weighted by molar-refractivity contribution is 0.655. The zero-order valence-electron chi connectivity index (χ0n) is 29.0. The van der Waals surface area contributed by atoms with Gasteiger partial charge in [-0.05, 0) is 71.9 Å². The lowest BCUT2D eigenvalue weighted by Crippen LogP contribution is -2.26. The van der Waals surface area contributed by atoms with Crippen LogP contribution in [0.5, 0.6) is 0 Å². The maximum Gasteiger partial charge on any atom is 0.0643 e. The normalized spacial score (nSPS) is 13.1. The summed E-state index contributed by atoms with van der Waals surface area (Å²) < 4.78 is 2.65. The van der Waals surface area contributed by atoms with Gasteiger partial charge in [-0.1, -0.05) is 171 Å². The van der Waals surface area contributed by atoms with Gasteiger partial charge in [0, 0.05) is 25.9 Å². The molecule has 0 spiro atoms. The molecule has 252 valence electrons. The summed E-state index contributed by atoms with van der Waals surface area (Å²) in [6, 6.07) is 33.2. The second-order valence-electron chi connectivity index (χ2n) is 11.5. The number of hydrogen-bond donors (Lipinski definition) is 3. The van der Waals surface area contributed by atoms with E-state index >= 15 is 0 Å². The third-order valence-corrected chi connectivity index (χ3v) is 9.14. The van der Waals surface area contributed by atoms with Gasteiger partial charge in [0.15, 0.2) is 0 Å². The topological polar surface area (TPSA) is 64.1 Å². The summed E-state index contributed by atoms with van der Waals surface area (Å²) in [5.74, 6) is 5.59. The van der Waals surface area contributed by atoms with E-state index < -0.39 is 0 Å². The van der Waals surface area contributed by atoms with Crippen LogP contribution >= 0.6 is 11.3 Å². The zero-order valence-corrected chi connectivity index (χ0v) is 29.8. The van der Waals surface area contributed by atoms with Crippen LogP contribution in [0.2, 0.25) is 0 Å². The lowest BCUT2D eigenvalue weighted by atomic mass is 10.0. The summed E-state index contributed by atoms with van der Waals surface area (Å²) in [6.45, 7) is 12.3. The van der Waals surface area contributed by atoms with Gasteiger partial charge in [0.1, 0.15) is 0 Å². The second-order valence-corrected chi connectivity index (χ2v) is 12.5. The SMILES string of the molecule is C=C(/C=C\C=C/C)C(=C)/C=C\C(=C/C)c1cccc2c1sc1ccccc12.NNC(/C=C/C=C\C=C/Cc1cccc(N)c1)c1ccccc1. The fraction of sp³-hybridized carbons (Fsp3) is 0.0870. The van der Waals surface area contributed by atoms with Gasteiger partial charge in [-0.2, -0.15) is 0 Å². The maximum absolute atomic E-state index is 5.75. The van der Waals surface area contributed by atoms with E-state index in [1.807, 2.05) is 128 Å². The number of nitrogens with two attached hydrogens (primary N) is 2. The molecule has 4 heteroatoms. The van der Waals surface area contributed by atoms with Gasteiger partial charge >= 0.3 is 0 Å². The first-order valence-corrected chi connectivity index (χ1v) is 17.5. The predicted octanol–water partition coefficient (Wildman–Crippen LogP) is 11.9. The number of benzene rings is 4. The number of allylic oxidation sites excluding steroid dienone is 15. The number of nitrogen functional groups attached to an aromatic ring is 1. The molecule has 0 aliphatic carbocycles.